The monoisotopic (exact) mass is 222 g/mol. The number of aliphatic hydroxyl groups is 1. The Hall–Kier alpha value is -0.780. The van der Waals surface area contributed by atoms with Crippen molar-refractivity contribution in [2.45, 2.75) is 44.6 Å². The highest BCUT2D eigenvalue weighted by Crippen LogP contribution is 2.14. The van der Waals surface area contributed by atoms with E-state index in [-0.39, 0.29) is 6.10 Å². The van der Waals surface area contributed by atoms with Gasteiger partial charge in [-0.1, -0.05) is 6.07 Å². The molecule has 0 aliphatic rings. The first-order chi connectivity index (χ1) is 7.33. The molecule has 0 aliphatic heterocycles. The van der Waals surface area contributed by atoms with Crippen molar-refractivity contribution in [3.05, 3.63) is 22.4 Å². The molecule has 0 amide bonds. The van der Waals surface area contributed by atoms with Gasteiger partial charge in [-0.25, -0.2) is 0 Å². The third-order valence-electron chi connectivity index (χ3n) is 2.40. The quantitative estimate of drug-likeness (QED) is 0.554. The zero-order valence-corrected chi connectivity index (χ0v) is 9.80. The van der Waals surface area contributed by atoms with E-state index in [2.05, 4.69) is 23.4 Å². The molecule has 1 nitrogen and oxygen atoms in total. The molecule has 1 unspecified atom stereocenters. The molecule has 1 aromatic heterocycles. The molecule has 1 aromatic rings. The topological polar surface area (TPSA) is 20.2 Å². The van der Waals surface area contributed by atoms with Crippen molar-refractivity contribution in [2.24, 2.45) is 0 Å². The Bertz CT molecular complexity index is 284. The van der Waals surface area contributed by atoms with Gasteiger partial charge in [0.15, 0.2) is 0 Å². The van der Waals surface area contributed by atoms with Gasteiger partial charge in [0.05, 0.1) is 6.10 Å². The van der Waals surface area contributed by atoms with E-state index in [1.807, 2.05) is 0 Å². The maximum Gasteiger partial charge on any atom is 0.0540 e. The number of thiophene rings is 1. The van der Waals surface area contributed by atoms with Crippen LogP contribution in [0.4, 0.5) is 0 Å². The molecule has 0 fully saturated rings. The van der Waals surface area contributed by atoms with Crippen LogP contribution in [0.2, 0.25) is 0 Å². The van der Waals surface area contributed by atoms with E-state index in [1.54, 1.807) is 11.3 Å². The van der Waals surface area contributed by atoms with E-state index in [9.17, 15) is 5.11 Å². The molecule has 0 spiro atoms. The van der Waals surface area contributed by atoms with Crippen LogP contribution in [-0.2, 0) is 6.42 Å². The molecular weight excluding hydrogens is 204 g/mol. The number of hydrogen-bond donors (Lipinski definition) is 1. The number of aliphatic hydroxyl groups excluding tert-OH is 1. The molecule has 0 bridgehead atoms. The fourth-order valence-electron chi connectivity index (χ4n) is 1.55. The molecule has 82 valence electrons. The van der Waals surface area contributed by atoms with Crippen molar-refractivity contribution in [3.8, 4) is 12.3 Å². The summed E-state index contributed by atoms with van der Waals surface area (Å²) >= 11 is 1.79. The minimum Gasteiger partial charge on any atom is -0.393 e. The van der Waals surface area contributed by atoms with Crippen molar-refractivity contribution in [2.75, 3.05) is 0 Å². The summed E-state index contributed by atoms with van der Waals surface area (Å²) in [6.07, 6.45) is 10.6. The Morgan fingerprint density at radius 2 is 2.20 bits per heavy atom. The number of terminal acetylenes is 1. The second-order valence-electron chi connectivity index (χ2n) is 3.72. The van der Waals surface area contributed by atoms with E-state index in [4.69, 9.17) is 6.42 Å². The number of rotatable bonds is 7. The summed E-state index contributed by atoms with van der Waals surface area (Å²) < 4.78 is 0. The van der Waals surface area contributed by atoms with Gasteiger partial charge >= 0.3 is 0 Å². The maximum absolute atomic E-state index is 9.64. The Labute approximate surface area is 96.1 Å². The average molecular weight is 222 g/mol. The molecule has 0 aliphatic carbocycles. The number of hydrogen-bond acceptors (Lipinski definition) is 2. The summed E-state index contributed by atoms with van der Waals surface area (Å²) in [5.74, 6) is 2.59. The largest absolute Gasteiger partial charge is 0.393 e. The average Bonchev–Trinajstić information content (AvgIpc) is 2.71. The fourth-order valence-corrected chi connectivity index (χ4v) is 2.30. The minimum absolute atomic E-state index is 0.168. The van der Waals surface area contributed by atoms with E-state index in [0.717, 1.165) is 38.5 Å². The standard InChI is InChI=1S/C13H18OS/c1-2-3-4-7-12(14)8-5-9-13-10-6-11-15-13/h1,6,10-12,14H,3-5,7-9H2. The molecule has 0 saturated heterocycles. The summed E-state index contributed by atoms with van der Waals surface area (Å²) in [5.41, 5.74) is 0. The van der Waals surface area contributed by atoms with Crippen LogP contribution in [0.3, 0.4) is 0 Å². The van der Waals surface area contributed by atoms with Crippen LogP contribution < -0.4 is 0 Å². The predicted molar refractivity (Wildman–Crippen MR) is 65.9 cm³/mol. The molecule has 2 heteroatoms. The third-order valence-corrected chi connectivity index (χ3v) is 3.34. The lowest BCUT2D eigenvalue weighted by atomic mass is 10.1. The lowest BCUT2D eigenvalue weighted by Crippen LogP contribution is -2.06. The Balaban J connectivity index is 2.02. The molecule has 0 saturated carbocycles. The fraction of sp³-hybridized carbons (Fsp3) is 0.538. The zero-order chi connectivity index (χ0) is 10.9. The number of unbranched alkanes of at least 4 members (excludes halogenated alkanes) is 1. The molecule has 0 aromatic carbocycles. The van der Waals surface area contributed by atoms with Crippen LogP contribution in [0.25, 0.3) is 0 Å². The highest BCUT2D eigenvalue weighted by molar-refractivity contribution is 7.09. The molecule has 1 rings (SSSR count). The second kappa shape index (κ2) is 7.50. The normalized spacial score (nSPS) is 12.3. The van der Waals surface area contributed by atoms with E-state index in [1.165, 1.54) is 4.88 Å². The first kappa shape index (κ1) is 12.3. The van der Waals surface area contributed by atoms with Crippen molar-refractivity contribution in [3.63, 3.8) is 0 Å². The van der Waals surface area contributed by atoms with Gasteiger partial charge in [0, 0.05) is 11.3 Å². The Morgan fingerprint density at radius 3 is 2.87 bits per heavy atom. The van der Waals surface area contributed by atoms with Crippen LogP contribution >= 0.6 is 11.3 Å². The van der Waals surface area contributed by atoms with E-state index >= 15 is 0 Å². The summed E-state index contributed by atoms with van der Waals surface area (Å²) in [5, 5.41) is 11.7. The molecule has 1 heterocycles. The molecule has 15 heavy (non-hydrogen) atoms. The lowest BCUT2D eigenvalue weighted by Gasteiger charge is -2.08. The summed E-state index contributed by atoms with van der Waals surface area (Å²) in [7, 11) is 0. The third kappa shape index (κ3) is 5.61. The van der Waals surface area contributed by atoms with Crippen LogP contribution in [0.5, 0.6) is 0 Å². The highest BCUT2D eigenvalue weighted by Gasteiger charge is 2.03. The minimum atomic E-state index is -0.168. The van der Waals surface area contributed by atoms with Crippen LogP contribution in [0.1, 0.15) is 37.0 Å². The molecular formula is C13H18OS. The van der Waals surface area contributed by atoms with Gasteiger partial charge in [0.1, 0.15) is 0 Å². The van der Waals surface area contributed by atoms with Gasteiger partial charge in [0.2, 0.25) is 0 Å². The molecule has 0 radical (unpaired) electrons. The van der Waals surface area contributed by atoms with Crippen molar-refractivity contribution < 1.29 is 5.11 Å². The predicted octanol–water partition coefficient (Wildman–Crippen LogP) is 3.24. The van der Waals surface area contributed by atoms with Crippen molar-refractivity contribution >= 4 is 11.3 Å². The zero-order valence-electron chi connectivity index (χ0n) is 8.98. The Morgan fingerprint density at radius 1 is 1.40 bits per heavy atom. The highest BCUT2D eigenvalue weighted by atomic mass is 32.1. The van der Waals surface area contributed by atoms with Gasteiger partial charge in [-0.15, -0.1) is 23.7 Å². The molecule has 1 atom stereocenters. The van der Waals surface area contributed by atoms with Crippen molar-refractivity contribution in [1.82, 2.24) is 0 Å². The summed E-state index contributed by atoms with van der Waals surface area (Å²) in [4.78, 5) is 1.41. The van der Waals surface area contributed by atoms with Gasteiger partial charge in [-0.2, -0.15) is 0 Å². The molecule has 1 N–H and O–H groups in total. The number of aryl methyl sites for hydroxylation is 1. The Kier molecular flexibility index (Phi) is 6.15. The van der Waals surface area contributed by atoms with Gasteiger partial charge in [-0.05, 0) is 43.6 Å². The lowest BCUT2D eigenvalue weighted by molar-refractivity contribution is 0.150. The first-order valence-electron chi connectivity index (χ1n) is 5.47. The van der Waals surface area contributed by atoms with Crippen molar-refractivity contribution in [1.29, 1.82) is 0 Å². The van der Waals surface area contributed by atoms with Gasteiger partial charge in [0.25, 0.3) is 0 Å². The van der Waals surface area contributed by atoms with Crippen LogP contribution in [-0.4, -0.2) is 11.2 Å². The first-order valence-corrected chi connectivity index (χ1v) is 6.35. The van der Waals surface area contributed by atoms with Crippen LogP contribution in [0.15, 0.2) is 17.5 Å². The summed E-state index contributed by atoms with van der Waals surface area (Å²) in [6.45, 7) is 0. The smallest absolute Gasteiger partial charge is 0.0540 e. The van der Waals surface area contributed by atoms with E-state index < -0.39 is 0 Å². The SMILES string of the molecule is C#CCCCC(O)CCCc1cccs1. The van der Waals surface area contributed by atoms with Gasteiger partial charge in [-0.3, -0.25) is 0 Å². The second-order valence-corrected chi connectivity index (χ2v) is 4.75. The van der Waals surface area contributed by atoms with Gasteiger partial charge < -0.3 is 5.11 Å². The van der Waals surface area contributed by atoms with Crippen LogP contribution in [0, 0.1) is 12.3 Å². The maximum atomic E-state index is 9.64. The summed E-state index contributed by atoms with van der Waals surface area (Å²) in [6, 6.07) is 4.22. The van der Waals surface area contributed by atoms with E-state index in [0.29, 0.717) is 0 Å².